The maximum atomic E-state index is 11.7. The fourth-order valence-corrected chi connectivity index (χ4v) is 1.56. The zero-order valence-corrected chi connectivity index (χ0v) is 10.9. The van der Waals surface area contributed by atoms with Crippen LogP contribution in [0.1, 0.15) is 5.76 Å². The molecule has 0 aliphatic carbocycles. The summed E-state index contributed by atoms with van der Waals surface area (Å²) in [6.07, 6.45) is 4.61. The van der Waals surface area contributed by atoms with Gasteiger partial charge in [0, 0.05) is 19.2 Å². The van der Waals surface area contributed by atoms with Crippen LogP contribution in [0.4, 0.5) is 0 Å². The molecule has 0 radical (unpaired) electrons. The highest BCUT2D eigenvalue weighted by molar-refractivity contribution is 9.10. The van der Waals surface area contributed by atoms with E-state index in [1.54, 1.807) is 24.3 Å². The largest absolute Gasteiger partial charge is 0.450 e. The molecule has 0 fully saturated rings. The Morgan fingerprint density at radius 2 is 2.35 bits per heavy atom. The van der Waals surface area contributed by atoms with Gasteiger partial charge in [-0.15, -0.1) is 6.58 Å². The van der Waals surface area contributed by atoms with Crippen molar-refractivity contribution in [3.8, 4) is 0 Å². The van der Waals surface area contributed by atoms with E-state index in [2.05, 4.69) is 22.5 Å². The number of amides is 1. The lowest BCUT2D eigenvalue weighted by Crippen LogP contribution is -2.32. The molecule has 92 valence electrons. The fraction of sp³-hybridized carbons (Fsp3) is 0.250. The van der Waals surface area contributed by atoms with Crippen molar-refractivity contribution in [3.63, 3.8) is 0 Å². The Morgan fingerprint density at radius 1 is 1.59 bits per heavy atom. The summed E-state index contributed by atoms with van der Waals surface area (Å²) < 4.78 is 5.84. The topological polar surface area (TPSA) is 53.7 Å². The van der Waals surface area contributed by atoms with Crippen molar-refractivity contribution in [3.05, 3.63) is 41.3 Å². The number of carbonyl (C=O) groups is 1. The van der Waals surface area contributed by atoms with Crippen LogP contribution in [0.15, 0.2) is 40.0 Å². The molecule has 0 aliphatic heterocycles. The molecule has 1 heterocycles. The number of nitrogens with zero attached hydrogens (tertiary/aromatic N) is 1. The molecular formula is C12H14BrNO3. The molecule has 5 heteroatoms. The van der Waals surface area contributed by atoms with E-state index in [-0.39, 0.29) is 19.1 Å². The van der Waals surface area contributed by atoms with Crippen molar-refractivity contribution in [2.75, 3.05) is 19.7 Å². The van der Waals surface area contributed by atoms with Gasteiger partial charge in [0.05, 0.1) is 6.61 Å². The number of furan rings is 1. The van der Waals surface area contributed by atoms with Crippen LogP contribution in [0.2, 0.25) is 0 Å². The van der Waals surface area contributed by atoms with Crippen molar-refractivity contribution < 1.29 is 14.3 Å². The third-order valence-electron chi connectivity index (χ3n) is 2.02. The summed E-state index contributed by atoms with van der Waals surface area (Å²) in [5.74, 6) is 0.402. The molecule has 1 aromatic rings. The second-order valence-electron chi connectivity index (χ2n) is 3.27. The molecule has 4 nitrogen and oxygen atoms in total. The third-order valence-corrected chi connectivity index (χ3v) is 2.44. The van der Waals surface area contributed by atoms with Crippen LogP contribution < -0.4 is 0 Å². The summed E-state index contributed by atoms with van der Waals surface area (Å²) in [6.45, 7) is 4.19. The zero-order chi connectivity index (χ0) is 12.7. The lowest BCUT2D eigenvalue weighted by atomic mass is 10.3. The van der Waals surface area contributed by atoms with E-state index < -0.39 is 0 Å². The first-order valence-corrected chi connectivity index (χ1v) is 5.90. The molecule has 0 unspecified atom stereocenters. The van der Waals surface area contributed by atoms with Crippen molar-refractivity contribution in [2.24, 2.45) is 0 Å². The van der Waals surface area contributed by atoms with E-state index in [1.807, 2.05) is 0 Å². The molecule has 0 aliphatic rings. The first kappa shape index (κ1) is 13.7. The highest BCUT2D eigenvalue weighted by Gasteiger charge is 2.07. The summed E-state index contributed by atoms with van der Waals surface area (Å²) >= 11 is 3.18. The number of carbonyl (C=O) groups excluding carboxylic acids is 1. The highest BCUT2D eigenvalue weighted by atomic mass is 79.9. The smallest absolute Gasteiger partial charge is 0.247 e. The summed E-state index contributed by atoms with van der Waals surface area (Å²) in [7, 11) is 0. The molecular weight excluding hydrogens is 286 g/mol. The van der Waals surface area contributed by atoms with Gasteiger partial charge in [0.25, 0.3) is 0 Å². The van der Waals surface area contributed by atoms with Crippen LogP contribution in [0.25, 0.3) is 6.08 Å². The number of rotatable bonds is 6. The van der Waals surface area contributed by atoms with Gasteiger partial charge in [0.1, 0.15) is 5.76 Å². The number of halogens is 1. The summed E-state index contributed by atoms with van der Waals surface area (Å²) in [5.41, 5.74) is 0. The molecule has 0 aromatic carbocycles. The minimum Gasteiger partial charge on any atom is -0.450 e. The summed E-state index contributed by atoms with van der Waals surface area (Å²) in [6, 6.07) is 3.50. The minimum atomic E-state index is -0.188. The van der Waals surface area contributed by atoms with Crippen LogP contribution in [0.3, 0.4) is 0 Å². The number of aliphatic hydroxyl groups excluding tert-OH is 1. The average Bonchev–Trinajstić information content (AvgIpc) is 2.72. The summed E-state index contributed by atoms with van der Waals surface area (Å²) in [4.78, 5) is 13.2. The van der Waals surface area contributed by atoms with Gasteiger partial charge in [-0.25, -0.2) is 0 Å². The Bertz CT molecular complexity index is 412. The maximum Gasteiger partial charge on any atom is 0.247 e. The van der Waals surface area contributed by atoms with Crippen molar-refractivity contribution in [2.45, 2.75) is 0 Å². The Kier molecular flexibility index (Phi) is 5.72. The second kappa shape index (κ2) is 7.09. The van der Waals surface area contributed by atoms with E-state index in [0.29, 0.717) is 17.0 Å². The molecule has 1 aromatic heterocycles. The Balaban J connectivity index is 2.62. The van der Waals surface area contributed by atoms with Gasteiger partial charge in [-0.3, -0.25) is 4.79 Å². The van der Waals surface area contributed by atoms with Crippen molar-refractivity contribution >= 4 is 27.9 Å². The normalized spacial score (nSPS) is 10.7. The van der Waals surface area contributed by atoms with E-state index >= 15 is 0 Å². The highest BCUT2D eigenvalue weighted by Crippen LogP contribution is 2.15. The van der Waals surface area contributed by atoms with Gasteiger partial charge in [0.2, 0.25) is 5.91 Å². The second-order valence-corrected chi connectivity index (χ2v) is 4.05. The summed E-state index contributed by atoms with van der Waals surface area (Å²) in [5, 5.41) is 8.82. The molecule has 1 amide bonds. The Morgan fingerprint density at radius 3 is 2.88 bits per heavy atom. The Labute approximate surface area is 108 Å². The van der Waals surface area contributed by atoms with E-state index in [4.69, 9.17) is 9.52 Å². The van der Waals surface area contributed by atoms with Crippen LogP contribution in [-0.4, -0.2) is 35.6 Å². The Hall–Kier alpha value is -1.33. The molecule has 1 N–H and O–H groups in total. The SMILES string of the molecule is C=CCN(CCO)C(=O)/C=C/c1ccc(Br)o1. The molecule has 0 saturated carbocycles. The van der Waals surface area contributed by atoms with E-state index in [9.17, 15) is 4.79 Å². The van der Waals surface area contributed by atoms with Gasteiger partial charge < -0.3 is 14.4 Å². The number of aliphatic hydroxyl groups is 1. The molecule has 0 saturated heterocycles. The predicted octanol–water partition coefficient (Wildman–Crippen LogP) is 2.06. The van der Waals surface area contributed by atoms with Gasteiger partial charge in [-0.2, -0.15) is 0 Å². The zero-order valence-electron chi connectivity index (χ0n) is 9.30. The number of hydrogen-bond acceptors (Lipinski definition) is 3. The predicted molar refractivity (Wildman–Crippen MR) is 69.3 cm³/mol. The third kappa shape index (κ3) is 4.58. The van der Waals surface area contributed by atoms with Crippen LogP contribution in [0, 0.1) is 0 Å². The van der Waals surface area contributed by atoms with Crippen LogP contribution in [0.5, 0.6) is 0 Å². The first-order valence-electron chi connectivity index (χ1n) is 5.11. The lowest BCUT2D eigenvalue weighted by Gasteiger charge is -2.17. The van der Waals surface area contributed by atoms with Gasteiger partial charge >= 0.3 is 0 Å². The van der Waals surface area contributed by atoms with Crippen molar-refractivity contribution in [1.82, 2.24) is 4.90 Å². The lowest BCUT2D eigenvalue weighted by molar-refractivity contribution is -0.125. The van der Waals surface area contributed by atoms with Gasteiger partial charge in [-0.1, -0.05) is 6.08 Å². The molecule has 1 rings (SSSR count). The van der Waals surface area contributed by atoms with E-state index in [1.165, 1.54) is 11.0 Å². The van der Waals surface area contributed by atoms with Gasteiger partial charge in [0.15, 0.2) is 4.67 Å². The average molecular weight is 300 g/mol. The number of hydrogen-bond donors (Lipinski definition) is 1. The standard InChI is InChI=1S/C12H14BrNO3/c1-2-7-14(8-9-15)12(16)6-4-10-3-5-11(13)17-10/h2-6,15H,1,7-9H2/b6-4+. The molecule has 0 atom stereocenters. The molecule has 17 heavy (non-hydrogen) atoms. The van der Waals surface area contributed by atoms with Crippen molar-refractivity contribution in [1.29, 1.82) is 0 Å². The fourth-order valence-electron chi connectivity index (χ4n) is 1.24. The van der Waals surface area contributed by atoms with E-state index in [0.717, 1.165) is 0 Å². The van der Waals surface area contributed by atoms with Gasteiger partial charge in [-0.05, 0) is 34.1 Å². The van der Waals surface area contributed by atoms with Crippen LogP contribution in [-0.2, 0) is 4.79 Å². The molecule has 0 bridgehead atoms. The minimum absolute atomic E-state index is 0.0697. The molecule has 0 spiro atoms. The van der Waals surface area contributed by atoms with Crippen LogP contribution >= 0.6 is 15.9 Å². The first-order chi connectivity index (χ1) is 8.17. The monoisotopic (exact) mass is 299 g/mol. The quantitative estimate of drug-likeness (QED) is 0.646. The maximum absolute atomic E-state index is 11.7.